The molecular formula is C23H30N+. The van der Waals surface area contributed by atoms with Gasteiger partial charge in [-0.3, -0.25) is 0 Å². The number of aryl methyl sites for hydroxylation is 2. The van der Waals surface area contributed by atoms with Gasteiger partial charge in [-0.25, -0.2) is 0 Å². The van der Waals surface area contributed by atoms with E-state index in [9.17, 15) is 0 Å². The third-order valence-corrected chi connectivity index (χ3v) is 5.66. The molecule has 0 saturated carbocycles. The number of unbranched alkanes of at least 4 members (excludes halogenated alkanes) is 1. The second kappa shape index (κ2) is 6.93. The van der Waals surface area contributed by atoms with E-state index in [-0.39, 0.29) is 5.54 Å². The maximum atomic E-state index is 2.52. The highest BCUT2D eigenvalue weighted by Crippen LogP contribution is 2.34. The summed E-state index contributed by atoms with van der Waals surface area (Å²) in [6, 6.07) is 11.5. The van der Waals surface area contributed by atoms with E-state index in [2.05, 4.69) is 80.9 Å². The van der Waals surface area contributed by atoms with Gasteiger partial charge in [0, 0.05) is 24.5 Å². The Balaban J connectivity index is 2.24. The lowest BCUT2D eigenvalue weighted by Gasteiger charge is -2.24. The van der Waals surface area contributed by atoms with Gasteiger partial charge in [0.2, 0.25) is 5.69 Å². The summed E-state index contributed by atoms with van der Waals surface area (Å²) in [5.41, 5.74) is 7.02. The molecule has 0 fully saturated rings. The summed E-state index contributed by atoms with van der Waals surface area (Å²) in [6.45, 7) is 9.11. The Kier molecular flexibility index (Phi) is 4.89. The van der Waals surface area contributed by atoms with Crippen molar-refractivity contribution in [3.8, 4) is 11.3 Å². The van der Waals surface area contributed by atoms with E-state index < -0.39 is 0 Å². The number of hydrogen-bond acceptors (Lipinski definition) is 0. The van der Waals surface area contributed by atoms with Crippen LogP contribution in [0.3, 0.4) is 0 Å². The van der Waals surface area contributed by atoms with Crippen molar-refractivity contribution in [2.45, 2.75) is 65.3 Å². The molecule has 1 nitrogen and oxygen atoms in total. The van der Waals surface area contributed by atoms with Crippen molar-refractivity contribution in [2.75, 3.05) is 0 Å². The zero-order chi connectivity index (χ0) is 17.2. The van der Waals surface area contributed by atoms with Crippen molar-refractivity contribution in [2.24, 2.45) is 0 Å². The van der Waals surface area contributed by atoms with Gasteiger partial charge in [0.15, 0.2) is 11.7 Å². The molecule has 3 rings (SSSR count). The van der Waals surface area contributed by atoms with E-state index in [0.717, 1.165) is 12.8 Å². The molecule has 1 heteroatoms. The van der Waals surface area contributed by atoms with Gasteiger partial charge in [-0.15, -0.1) is 0 Å². The summed E-state index contributed by atoms with van der Waals surface area (Å²) in [7, 11) is 0. The van der Waals surface area contributed by atoms with Crippen LogP contribution in [0.1, 0.15) is 63.1 Å². The van der Waals surface area contributed by atoms with E-state index in [1.54, 1.807) is 0 Å². The van der Waals surface area contributed by atoms with Crippen LogP contribution < -0.4 is 4.57 Å². The van der Waals surface area contributed by atoms with Crippen LogP contribution in [0.5, 0.6) is 0 Å². The number of nitrogens with zero attached hydrogens (tertiary/aromatic N) is 1. The third-order valence-electron chi connectivity index (χ3n) is 5.66. The average molecular weight is 321 g/mol. The normalized spacial score (nSPS) is 14.8. The lowest BCUT2D eigenvalue weighted by atomic mass is 9.91. The molecule has 0 radical (unpaired) electrons. The highest BCUT2D eigenvalue weighted by Gasteiger charge is 2.38. The van der Waals surface area contributed by atoms with Gasteiger partial charge in [0.05, 0.1) is 5.56 Å². The Hall–Kier alpha value is -1.89. The smallest absolute Gasteiger partial charge is 0.189 e. The van der Waals surface area contributed by atoms with Crippen LogP contribution in [0.25, 0.3) is 17.3 Å². The molecule has 2 aromatic rings. The van der Waals surface area contributed by atoms with Crippen molar-refractivity contribution in [1.29, 1.82) is 0 Å². The number of hydrogen-bond donors (Lipinski definition) is 0. The molecule has 1 aliphatic heterocycles. The molecule has 2 heterocycles. The fourth-order valence-corrected chi connectivity index (χ4v) is 3.97. The maximum Gasteiger partial charge on any atom is 0.216 e. The fourth-order valence-electron chi connectivity index (χ4n) is 3.97. The fraction of sp³-hybridized carbons (Fsp3) is 0.435. The largest absolute Gasteiger partial charge is 0.216 e. The molecule has 1 aromatic carbocycles. The van der Waals surface area contributed by atoms with Crippen LogP contribution in [0, 0.1) is 6.92 Å². The minimum Gasteiger partial charge on any atom is -0.189 e. The summed E-state index contributed by atoms with van der Waals surface area (Å²) in [6.07, 6.45) is 12.9. The number of aromatic nitrogens is 1. The Bertz CT molecular complexity index is 751. The Morgan fingerprint density at radius 2 is 1.83 bits per heavy atom. The quantitative estimate of drug-likeness (QED) is 0.610. The second-order valence-electron chi connectivity index (χ2n) is 7.08. The first kappa shape index (κ1) is 17.0. The molecule has 0 saturated heterocycles. The maximum absolute atomic E-state index is 2.52. The Labute approximate surface area is 147 Å². The topological polar surface area (TPSA) is 3.88 Å². The van der Waals surface area contributed by atoms with E-state index in [4.69, 9.17) is 0 Å². The molecule has 0 amide bonds. The van der Waals surface area contributed by atoms with Gasteiger partial charge in [-0.1, -0.05) is 45.4 Å². The van der Waals surface area contributed by atoms with E-state index in [1.165, 1.54) is 47.2 Å². The van der Waals surface area contributed by atoms with Crippen LogP contribution in [0.15, 0.2) is 42.6 Å². The highest BCUT2D eigenvalue weighted by molar-refractivity contribution is 5.75. The standard InChI is InChI=1S/C23H30N/c1-5-8-11-19-12-13-20-14-15-23(6-2,7-3)24-16-9-10-18(4)22(24)21(20)17-19/h9-10,12-17H,5-8,11H2,1-4H3/q+1. The molecule has 0 atom stereocenters. The van der Waals surface area contributed by atoms with Crippen molar-refractivity contribution in [3.63, 3.8) is 0 Å². The lowest BCUT2D eigenvalue weighted by molar-refractivity contribution is -0.744. The predicted octanol–water partition coefficient (Wildman–Crippen LogP) is 5.83. The number of allylic oxidation sites excluding steroid dienone is 1. The van der Waals surface area contributed by atoms with Crippen LogP contribution in [-0.2, 0) is 12.0 Å². The first-order valence-corrected chi connectivity index (χ1v) is 9.49. The van der Waals surface area contributed by atoms with Gasteiger partial charge in [-0.05, 0) is 49.1 Å². The van der Waals surface area contributed by atoms with Crippen molar-refractivity contribution >= 4 is 6.08 Å². The van der Waals surface area contributed by atoms with Gasteiger partial charge in [-0.2, -0.15) is 4.57 Å². The van der Waals surface area contributed by atoms with Crippen LogP contribution in [0.2, 0.25) is 0 Å². The van der Waals surface area contributed by atoms with E-state index in [0.29, 0.717) is 0 Å². The predicted molar refractivity (Wildman–Crippen MR) is 103 cm³/mol. The van der Waals surface area contributed by atoms with Crippen LogP contribution in [0.4, 0.5) is 0 Å². The summed E-state index contributed by atoms with van der Waals surface area (Å²) in [5, 5.41) is 0. The molecule has 0 N–H and O–H groups in total. The SMILES string of the molecule is CCCCc1ccc2c(c1)-c1c(C)ccc[n+]1C(CC)(CC)C=C2. The Morgan fingerprint density at radius 3 is 2.54 bits per heavy atom. The number of benzene rings is 1. The summed E-state index contributed by atoms with van der Waals surface area (Å²) in [5.74, 6) is 0. The molecule has 0 aliphatic carbocycles. The lowest BCUT2D eigenvalue weighted by Crippen LogP contribution is -2.55. The number of rotatable bonds is 5. The first-order valence-electron chi connectivity index (χ1n) is 9.49. The average Bonchev–Trinajstić information content (AvgIpc) is 2.75. The van der Waals surface area contributed by atoms with Gasteiger partial charge < -0.3 is 0 Å². The number of pyridine rings is 1. The monoisotopic (exact) mass is 320 g/mol. The summed E-state index contributed by atoms with van der Waals surface area (Å²) >= 11 is 0. The minimum absolute atomic E-state index is 0.0734. The summed E-state index contributed by atoms with van der Waals surface area (Å²) < 4.78 is 2.52. The second-order valence-corrected chi connectivity index (χ2v) is 7.08. The van der Waals surface area contributed by atoms with Crippen molar-refractivity contribution < 1.29 is 4.57 Å². The molecule has 24 heavy (non-hydrogen) atoms. The molecule has 126 valence electrons. The van der Waals surface area contributed by atoms with Gasteiger partial charge in [0.25, 0.3) is 0 Å². The van der Waals surface area contributed by atoms with Crippen molar-refractivity contribution in [1.82, 2.24) is 0 Å². The molecule has 1 aliphatic rings. The first-order chi connectivity index (χ1) is 11.6. The zero-order valence-electron chi connectivity index (χ0n) is 15.6. The van der Waals surface area contributed by atoms with Gasteiger partial charge in [0.1, 0.15) is 0 Å². The molecule has 0 unspecified atom stereocenters. The zero-order valence-corrected chi connectivity index (χ0v) is 15.6. The molecule has 0 bridgehead atoms. The van der Waals surface area contributed by atoms with Gasteiger partial charge >= 0.3 is 0 Å². The molecule has 1 aromatic heterocycles. The van der Waals surface area contributed by atoms with Crippen molar-refractivity contribution in [3.05, 3.63) is 59.3 Å². The summed E-state index contributed by atoms with van der Waals surface area (Å²) in [4.78, 5) is 0. The van der Waals surface area contributed by atoms with E-state index >= 15 is 0 Å². The minimum atomic E-state index is 0.0734. The van der Waals surface area contributed by atoms with Crippen LogP contribution >= 0.6 is 0 Å². The van der Waals surface area contributed by atoms with Crippen LogP contribution in [-0.4, -0.2) is 0 Å². The highest BCUT2D eigenvalue weighted by atomic mass is 15.1. The molecular weight excluding hydrogens is 290 g/mol. The number of fused-ring (bicyclic) bond motifs is 3. The van der Waals surface area contributed by atoms with E-state index in [1.807, 2.05) is 0 Å². The molecule has 0 spiro atoms. The Morgan fingerprint density at radius 1 is 1.04 bits per heavy atom. The third kappa shape index (κ3) is 2.81.